The summed E-state index contributed by atoms with van der Waals surface area (Å²) in [5.74, 6) is -3.25. The van der Waals surface area contributed by atoms with Crippen molar-refractivity contribution in [3.05, 3.63) is 69.0 Å². The molecular weight excluding hydrogens is 643 g/mol. The van der Waals surface area contributed by atoms with Gasteiger partial charge in [0.05, 0.1) is 35.4 Å². The second-order valence-corrected chi connectivity index (χ2v) is 13.2. The van der Waals surface area contributed by atoms with Crippen LogP contribution in [0.3, 0.4) is 0 Å². The molecule has 2 saturated carbocycles. The first-order valence-corrected chi connectivity index (χ1v) is 15.5. The Balaban J connectivity index is 1.30. The number of aliphatic hydroxyl groups is 1. The molecule has 14 heteroatoms. The van der Waals surface area contributed by atoms with Crippen LogP contribution >= 0.6 is 23.2 Å². The number of amides is 2. The average Bonchev–Trinajstić information content (AvgIpc) is 3.97. The Morgan fingerprint density at radius 3 is 2.59 bits per heavy atom. The van der Waals surface area contributed by atoms with E-state index in [0.717, 1.165) is 24.3 Å². The molecule has 240 valence electrons. The van der Waals surface area contributed by atoms with Crippen molar-refractivity contribution in [1.29, 1.82) is 0 Å². The number of benzene rings is 2. The molecule has 0 saturated heterocycles. The molecule has 7 rings (SSSR count). The first kappa shape index (κ1) is 30.6. The molecule has 0 radical (unpaired) electrons. The number of nitrogens with two attached hydrogens (primary N) is 1. The zero-order valence-corrected chi connectivity index (χ0v) is 26.3. The highest BCUT2D eigenvalue weighted by atomic mass is 35.5. The average molecular weight is 673 g/mol. The molecule has 2 amide bonds. The Morgan fingerprint density at radius 1 is 1.20 bits per heavy atom. The Hall–Kier alpha value is -4.00. The molecule has 1 unspecified atom stereocenters. The fourth-order valence-electron chi connectivity index (χ4n) is 6.07. The predicted octanol–water partition coefficient (Wildman–Crippen LogP) is 5.19. The van der Waals surface area contributed by atoms with Crippen molar-refractivity contribution >= 4 is 45.9 Å². The summed E-state index contributed by atoms with van der Waals surface area (Å²) in [6.45, 7) is 0.956. The highest BCUT2D eigenvalue weighted by Gasteiger charge is 2.52. The van der Waals surface area contributed by atoms with Gasteiger partial charge in [0, 0.05) is 34.3 Å². The smallest absolute Gasteiger partial charge is 0.251 e. The maximum absolute atomic E-state index is 15.2. The Labute approximate surface area is 271 Å². The van der Waals surface area contributed by atoms with Crippen LogP contribution in [0.25, 0.3) is 22.2 Å². The number of nitrogens with one attached hydrogen (secondary N) is 1. The lowest BCUT2D eigenvalue weighted by Gasteiger charge is -2.31. The first-order chi connectivity index (χ1) is 21.9. The van der Waals surface area contributed by atoms with Crippen LogP contribution in [-0.4, -0.2) is 51.9 Å². The third kappa shape index (κ3) is 4.85. The number of fused-ring (bicyclic) bond motifs is 2. The van der Waals surface area contributed by atoms with E-state index in [9.17, 15) is 19.1 Å². The number of primary amides is 1. The summed E-state index contributed by atoms with van der Waals surface area (Å²) < 4.78 is 42.6. The third-order valence-electron chi connectivity index (χ3n) is 9.13. The lowest BCUT2D eigenvalue weighted by atomic mass is 9.81. The predicted molar refractivity (Wildman–Crippen MR) is 165 cm³/mol. The number of hydrogen-bond donors (Lipinski definition) is 3. The van der Waals surface area contributed by atoms with Crippen molar-refractivity contribution in [2.45, 2.75) is 49.7 Å². The maximum atomic E-state index is 15.2. The van der Waals surface area contributed by atoms with Crippen molar-refractivity contribution < 1.29 is 33.0 Å². The van der Waals surface area contributed by atoms with Gasteiger partial charge in [0.15, 0.2) is 5.75 Å². The van der Waals surface area contributed by atoms with Crippen molar-refractivity contribution in [2.24, 2.45) is 11.7 Å². The number of pyridine rings is 1. The van der Waals surface area contributed by atoms with Crippen molar-refractivity contribution in [3.8, 4) is 22.8 Å². The molecular formula is C32H29Cl2F2N5O5. The lowest BCUT2D eigenvalue weighted by Crippen LogP contribution is -2.44. The molecule has 10 nitrogen and oxygen atoms in total. The van der Waals surface area contributed by atoms with Gasteiger partial charge in [-0.2, -0.15) is 5.10 Å². The van der Waals surface area contributed by atoms with E-state index in [0.29, 0.717) is 36.2 Å². The van der Waals surface area contributed by atoms with Gasteiger partial charge in [0.25, 0.3) is 5.91 Å². The van der Waals surface area contributed by atoms with Crippen LogP contribution in [-0.2, 0) is 15.8 Å². The van der Waals surface area contributed by atoms with Crippen molar-refractivity contribution in [3.63, 3.8) is 0 Å². The number of methoxy groups -OCH3 is 1. The number of hydrogen-bond acceptors (Lipinski definition) is 7. The third-order valence-corrected chi connectivity index (χ3v) is 9.79. The number of nitrogens with zero attached hydrogens (tertiary/aromatic N) is 3. The molecule has 1 aliphatic heterocycles. The topological polar surface area (TPSA) is 142 Å². The van der Waals surface area contributed by atoms with Crippen LogP contribution in [0.1, 0.15) is 60.3 Å². The molecule has 4 aromatic rings. The largest absolute Gasteiger partial charge is 0.494 e. The zero-order chi connectivity index (χ0) is 32.7. The molecule has 2 fully saturated rings. The van der Waals surface area contributed by atoms with E-state index >= 15 is 4.39 Å². The summed E-state index contributed by atoms with van der Waals surface area (Å²) in [6, 6.07) is 5.26. The quantitative estimate of drug-likeness (QED) is 0.208. The SMILES string of the molecule is COc1cc(C(=O)NCC(O)(c2nc(-c3cc(Cl)c(F)cc3F)c3c(c2Cl)[C@@](C)(C(N)=O)CO3)C2CC2)cc2cn(C3CC3)nc12. The Kier molecular flexibility index (Phi) is 7.18. The van der Waals surface area contributed by atoms with Gasteiger partial charge >= 0.3 is 0 Å². The van der Waals surface area contributed by atoms with E-state index in [-0.39, 0.29) is 62.9 Å². The molecule has 0 bridgehead atoms. The number of ether oxygens (including phenoxy) is 2. The molecule has 2 atom stereocenters. The number of rotatable bonds is 9. The molecule has 46 heavy (non-hydrogen) atoms. The molecule has 2 aromatic heterocycles. The summed E-state index contributed by atoms with van der Waals surface area (Å²) in [6.07, 6.45) is 5.11. The first-order valence-electron chi connectivity index (χ1n) is 14.7. The van der Waals surface area contributed by atoms with Crippen LogP contribution in [0.15, 0.2) is 30.5 Å². The fraction of sp³-hybridized carbons (Fsp3) is 0.375. The summed E-state index contributed by atoms with van der Waals surface area (Å²) in [7, 11) is 1.50. The van der Waals surface area contributed by atoms with Gasteiger partial charge < -0.3 is 25.6 Å². The van der Waals surface area contributed by atoms with Gasteiger partial charge in [0.1, 0.15) is 46.2 Å². The number of halogens is 4. The van der Waals surface area contributed by atoms with Gasteiger partial charge in [-0.1, -0.05) is 23.2 Å². The van der Waals surface area contributed by atoms with Crippen LogP contribution in [0.2, 0.25) is 10.0 Å². The molecule has 3 heterocycles. The van der Waals surface area contributed by atoms with Gasteiger partial charge in [-0.3, -0.25) is 14.3 Å². The number of carbonyl (C=O) groups is 2. The van der Waals surface area contributed by atoms with E-state index in [1.165, 1.54) is 14.0 Å². The zero-order valence-electron chi connectivity index (χ0n) is 24.8. The minimum Gasteiger partial charge on any atom is -0.494 e. The minimum atomic E-state index is -1.86. The number of aromatic nitrogens is 3. The van der Waals surface area contributed by atoms with Gasteiger partial charge in [-0.25, -0.2) is 13.8 Å². The van der Waals surface area contributed by atoms with Crippen LogP contribution < -0.4 is 20.5 Å². The van der Waals surface area contributed by atoms with Gasteiger partial charge in [0.2, 0.25) is 5.91 Å². The normalized spacial score (nSPS) is 20.2. The van der Waals surface area contributed by atoms with Crippen LogP contribution in [0.5, 0.6) is 11.5 Å². The summed E-state index contributed by atoms with van der Waals surface area (Å²) in [5.41, 5.74) is 2.99. The molecule has 0 spiro atoms. The highest BCUT2D eigenvalue weighted by molar-refractivity contribution is 6.33. The molecule has 2 aromatic carbocycles. The monoisotopic (exact) mass is 671 g/mol. The van der Waals surface area contributed by atoms with Crippen LogP contribution in [0.4, 0.5) is 8.78 Å². The van der Waals surface area contributed by atoms with E-state index in [1.807, 2.05) is 10.9 Å². The van der Waals surface area contributed by atoms with E-state index in [4.69, 9.17) is 38.4 Å². The van der Waals surface area contributed by atoms with E-state index in [1.54, 1.807) is 12.1 Å². The van der Waals surface area contributed by atoms with E-state index < -0.39 is 34.5 Å². The summed E-state index contributed by atoms with van der Waals surface area (Å²) in [5, 5.41) is 20.0. The Bertz CT molecular complexity index is 1960. The Morgan fingerprint density at radius 2 is 1.93 bits per heavy atom. The van der Waals surface area contributed by atoms with Crippen molar-refractivity contribution in [2.75, 3.05) is 20.3 Å². The van der Waals surface area contributed by atoms with Gasteiger partial charge in [-0.05, 0) is 56.7 Å². The molecule has 2 aliphatic carbocycles. The summed E-state index contributed by atoms with van der Waals surface area (Å²) >= 11 is 12.9. The van der Waals surface area contributed by atoms with E-state index in [2.05, 4.69) is 15.4 Å². The molecule has 3 aliphatic rings. The number of carbonyl (C=O) groups excluding carboxylic acids is 2. The van der Waals surface area contributed by atoms with Crippen molar-refractivity contribution in [1.82, 2.24) is 20.1 Å². The highest BCUT2D eigenvalue weighted by Crippen LogP contribution is 2.54. The summed E-state index contributed by atoms with van der Waals surface area (Å²) in [4.78, 5) is 30.8. The van der Waals surface area contributed by atoms with Gasteiger partial charge in [-0.15, -0.1) is 0 Å². The minimum absolute atomic E-state index is 0.0362. The second kappa shape index (κ2) is 10.8. The second-order valence-electron chi connectivity index (χ2n) is 12.4. The van der Waals surface area contributed by atoms with Crippen LogP contribution in [0, 0.1) is 17.6 Å². The standard InChI is InChI=1S/C32H29Cl2F2N5O5/c1-31(30(37)43)13-46-27-23(31)24(34)28(39-26(27)18-9-19(33)21(36)10-20(18)35)32(44,16-3-4-16)12-38-29(42)14-7-15-11-41(17-5-6-17)40-25(15)22(8-14)45-2/h7-11,16-17,44H,3-6,12-13H2,1-2H3,(H2,37,43)(H,38,42)/t31-,32?/m0/s1. The molecule has 4 N–H and O–H groups in total. The lowest BCUT2D eigenvalue weighted by molar-refractivity contribution is -0.123. The maximum Gasteiger partial charge on any atom is 0.251 e. The fourth-order valence-corrected chi connectivity index (χ4v) is 6.74.